The summed E-state index contributed by atoms with van der Waals surface area (Å²) in [6.45, 7) is 0. The number of amides is 1. The molecule has 0 radical (unpaired) electrons. The molecule has 0 bridgehead atoms. The van der Waals surface area contributed by atoms with E-state index in [4.69, 9.17) is 21.1 Å². The molecule has 3 rings (SSSR count). The standard InChI is InChI=1S/C25H22ClNO5/c1-31-21-10-6-5-9-20(21)27-22(28)15-16-23(29)32-25(18-11-13-19(26)14-12-18)24(30)17-7-3-2-4-8-17/h2-14,25H,15-16H2,1H3,(H,27,28)/t25-/m0/s1. The zero-order valence-corrected chi connectivity index (χ0v) is 18.2. The molecule has 6 nitrogen and oxygen atoms in total. The van der Waals surface area contributed by atoms with Gasteiger partial charge in [0, 0.05) is 22.6 Å². The van der Waals surface area contributed by atoms with Crippen molar-refractivity contribution in [2.24, 2.45) is 0 Å². The fraction of sp³-hybridized carbons (Fsp3) is 0.160. The molecule has 32 heavy (non-hydrogen) atoms. The number of carbonyl (C=O) groups excluding carboxylic acids is 3. The van der Waals surface area contributed by atoms with Crippen molar-refractivity contribution in [1.82, 2.24) is 0 Å². The predicted octanol–water partition coefficient (Wildman–Crippen LogP) is 5.23. The minimum Gasteiger partial charge on any atom is -0.495 e. The molecule has 3 aromatic carbocycles. The van der Waals surface area contributed by atoms with Crippen LogP contribution in [0.1, 0.15) is 34.9 Å². The first-order valence-corrected chi connectivity index (χ1v) is 10.3. The van der Waals surface area contributed by atoms with Crippen LogP contribution in [0.25, 0.3) is 0 Å². The van der Waals surface area contributed by atoms with Crippen LogP contribution < -0.4 is 10.1 Å². The first-order valence-electron chi connectivity index (χ1n) is 9.95. The monoisotopic (exact) mass is 451 g/mol. The van der Waals surface area contributed by atoms with E-state index in [1.807, 2.05) is 0 Å². The van der Waals surface area contributed by atoms with E-state index in [1.54, 1.807) is 78.9 Å². The third-order valence-electron chi connectivity index (χ3n) is 4.66. The molecule has 0 unspecified atom stereocenters. The maximum Gasteiger partial charge on any atom is 0.307 e. The number of rotatable bonds is 9. The molecular formula is C25H22ClNO5. The van der Waals surface area contributed by atoms with Gasteiger partial charge in [-0.05, 0) is 24.3 Å². The van der Waals surface area contributed by atoms with Gasteiger partial charge in [0.05, 0.1) is 19.2 Å². The number of nitrogens with one attached hydrogen (secondary N) is 1. The van der Waals surface area contributed by atoms with Gasteiger partial charge in [-0.25, -0.2) is 0 Å². The van der Waals surface area contributed by atoms with Crippen molar-refractivity contribution in [3.63, 3.8) is 0 Å². The molecule has 0 aliphatic rings. The lowest BCUT2D eigenvalue weighted by atomic mass is 10.00. The minimum absolute atomic E-state index is 0.107. The molecule has 1 amide bonds. The Hall–Kier alpha value is -3.64. The van der Waals surface area contributed by atoms with Gasteiger partial charge in [0.1, 0.15) is 5.75 Å². The number of methoxy groups -OCH3 is 1. The number of benzene rings is 3. The van der Waals surface area contributed by atoms with E-state index in [2.05, 4.69) is 5.32 Å². The van der Waals surface area contributed by atoms with Crippen LogP contribution in [0.3, 0.4) is 0 Å². The topological polar surface area (TPSA) is 81.7 Å². The van der Waals surface area contributed by atoms with Crippen molar-refractivity contribution in [1.29, 1.82) is 0 Å². The Labute approximate surface area is 191 Å². The number of para-hydroxylation sites is 2. The van der Waals surface area contributed by atoms with Crippen molar-refractivity contribution < 1.29 is 23.9 Å². The number of ether oxygens (including phenoxy) is 2. The number of ketones is 1. The van der Waals surface area contributed by atoms with Crippen LogP contribution in [0.5, 0.6) is 5.75 Å². The fourth-order valence-corrected chi connectivity index (χ4v) is 3.16. The van der Waals surface area contributed by atoms with Gasteiger partial charge in [0.2, 0.25) is 11.7 Å². The van der Waals surface area contributed by atoms with E-state index in [0.29, 0.717) is 27.6 Å². The van der Waals surface area contributed by atoms with E-state index >= 15 is 0 Å². The number of halogens is 1. The minimum atomic E-state index is -1.14. The number of Topliss-reactive ketones (excluding diaryl/α,β-unsaturated/α-hetero) is 1. The maximum absolute atomic E-state index is 13.0. The summed E-state index contributed by atoms with van der Waals surface area (Å²) in [5.74, 6) is -0.882. The van der Waals surface area contributed by atoms with Crippen molar-refractivity contribution >= 4 is 34.9 Å². The summed E-state index contributed by atoms with van der Waals surface area (Å²) in [7, 11) is 1.50. The Kier molecular flexibility index (Phi) is 8.00. The molecule has 3 aromatic rings. The van der Waals surface area contributed by atoms with E-state index in [-0.39, 0.29) is 24.5 Å². The zero-order chi connectivity index (χ0) is 22.9. The Morgan fingerprint density at radius 2 is 1.53 bits per heavy atom. The van der Waals surface area contributed by atoms with Gasteiger partial charge >= 0.3 is 5.97 Å². The normalized spacial score (nSPS) is 11.3. The summed E-state index contributed by atoms with van der Waals surface area (Å²) in [6.07, 6.45) is -1.43. The maximum atomic E-state index is 13.0. The number of hydrogen-bond donors (Lipinski definition) is 1. The summed E-state index contributed by atoms with van der Waals surface area (Å²) in [5.41, 5.74) is 1.41. The van der Waals surface area contributed by atoms with Gasteiger partial charge < -0.3 is 14.8 Å². The number of anilines is 1. The van der Waals surface area contributed by atoms with Gasteiger partial charge in [-0.15, -0.1) is 0 Å². The van der Waals surface area contributed by atoms with Gasteiger partial charge in [-0.2, -0.15) is 0 Å². The van der Waals surface area contributed by atoms with E-state index in [1.165, 1.54) is 7.11 Å². The Balaban J connectivity index is 1.66. The number of hydrogen-bond acceptors (Lipinski definition) is 5. The molecule has 0 saturated heterocycles. The molecular weight excluding hydrogens is 430 g/mol. The second kappa shape index (κ2) is 11.1. The first-order chi connectivity index (χ1) is 15.5. The molecule has 0 spiro atoms. The van der Waals surface area contributed by atoms with E-state index < -0.39 is 12.1 Å². The third-order valence-corrected chi connectivity index (χ3v) is 4.91. The van der Waals surface area contributed by atoms with E-state index in [0.717, 1.165) is 0 Å². The molecule has 1 atom stereocenters. The highest BCUT2D eigenvalue weighted by Crippen LogP contribution is 2.26. The summed E-state index contributed by atoms with van der Waals surface area (Å²) >= 11 is 5.95. The predicted molar refractivity (Wildman–Crippen MR) is 122 cm³/mol. The van der Waals surface area contributed by atoms with Gasteiger partial charge in [-0.3, -0.25) is 14.4 Å². The largest absolute Gasteiger partial charge is 0.495 e. The molecule has 0 fully saturated rings. The van der Waals surface area contributed by atoms with Crippen LogP contribution in [0.15, 0.2) is 78.9 Å². The van der Waals surface area contributed by atoms with Crippen molar-refractivity contribution in [2.45, 2.75) is 18.9 Å². The quantitative estimate of drug-likeness (QED) is 0.355. The van der Waals surface area contributed by atoms with Gasteiger partial charge in [-0.1, -0.05) is 66.2 Å². The van der Waals surface area contributed by atoms with Crippen LogP contribution in [0.2, 0.25) is 5.02 Å². The first kappa shape index (κ1) is 23.0. The number of carbonyl (C=O) groups is 3. The molecule has 0 aliphatic carbocycles. The highest BCUT2D eigenvalue weighted by atomic mass is 35.5. The van der Waals surface area contributed by atoms with Crippen LogP contribution in [-0.2, 0) is 14.3 Å². The van der Waals surface area contributed by atoms with Crippen LogP contribution in [0.4, 0.5) is 5.69 Å². The second-order valence-electron chi connectivity index (χ2n) is 6.90. The Morgan fingerprint density at radius 1 is 0.875 bits per heavy atom. The Bertz CT molecular complexity index is 1080. The van der Waals surface area contributed by atoms with E-state index in [9.17, 15) is 14.4 Å². The smallest absolute Gasteiger partial charge is 0.307 e. The molecule has 7 heteroatoms. The van der Waals surface area contributed by atoms with Gasteiger partial charge in [0.15, 0.2) is 6.10 Å². The Morgan fingerprint density at radius 3 is 2.22 bits per heavy atom. The lowest BCUT2D eigenvalue weighted by Gasteiger charge is -2.18. The lowest BCUT2D eigenvalue weighted by Crippen LogP contribution is -2.21. The molecule has 0 saturated carbocycles. The van der Waals surface area contributed by atoms with Crippen LogP contribution in [0, 0.1) is 0 Å². The molecule has 0 aromatic heterocycles. The second-order valence-corrected chi connectivity index (χ2v) is 7.34. The molecule has 1 N–H and O–H groups in total. The highest BCUT2D eigenvalue weighted by molar-refractivity contribution is 6.30. The summed E-state index contributed by atoms with van der Waals surface area (Å²) in [5, 5.41) is 3.20. The molecule has 164 valence electrons. The molecule has 0 aliphatic heterocycles. The SMILES string of the molecule is COc1ccccc1NC(=O)CCC(=O)O[C@H](C(=O)c1ccccc1)c1ccc(Cl)cc1. The average Bonchev–Trinajstić information content (AvgIpc) is 2.82. The summed E-state index contributed by atoms with van der Waals surface area (Å²) in [4.78, 5) is 37.8. The fourth-order valence-electron chi connectivity index (χ4n) is 3.03. The molecule has 0 heterocycles. The lowest BCUT2D eigenvalue weighted by molar-refractivity contribution is -0.148. The zero-order valence-electron chi connectivity index (χ0n) is 17.4. The van der Waals surface area contributed by atoms with Gasteiger partial charge in [0.25, 0.3) is 0 Å². The number of esters is 1. The summed E-state index contributed by atoms with van der Waals surface area (Å²) < 4.78 is 10.7. The van der Waals surface area contributed by atoms with Crippen LogP contribution in [-0.4, -0.2) is 24.8 Å². The van der Waals surface area contributed by atoms with Crippen molar-refractivity contribution in [2.75, 3.05) is 12.4 Å². The summed E-state index contributed by atoms with van der Waals surface area (Å²) in [6, 6.07) is 22.0. The third kappa shape index (κ3) is 6.18. The highest BCUT2D eigenvalue weighted by Gasteiger charge is 2.26. The van der Waals surface area contributed by atoms with Crippen molar-refractivity contribution in [3.05, 3.63) is 95.0 Å². The van der Waals surface area contributed by atoms with Crippen molar-refractivity contribution in [3.8, 4) is 5.75 Å². The average molecular weight is 452 g/mol. The van der Waals surface area contributed by atoms with Crippen LogP contribution >= 0.6 is 11.6 Å².